The maximum atomic E-state index is 12.3. The number of rotatable bonds is 20. The van der Waals surface area contributed by atoms with Crippen LogP contribution in [0, 0.1) is 11.8 Å². The second-order valence-electron chi connectivity index (χ2n) is 7.52. The number of carbonyl (C=O) groups is 2. The highest BCUT2D eigenvalue weighted by molar-refractivity contribution is 5.74. The van der Waals surface area contributed by atoms with Crippen LogP contribution in [0.3, 0.4) is 0 Å². The number of ether oxygens (including phenoxy) is 2. The highest BCUT2D eigenvalue weighted by atomic mass is 16.5. The lowest BCUT2D eigenvalue weighted by Crippen LogP contribution is -2.60. The monoisotopic (exact) mass is 454 g/mol. The molecule has 0 saturated carbocycles. The van der Waals surface area contributed by atoms with E-state index in [0.29, 0.717) is 25.8 Å². The van der Waals surface area contributed by atoms with Gasteiger partial charge in [0.05, 0.1) is 59.5 Å². The van der Waals surface area contributed by atoms with Crippen LogP contribution in [-0.4, -0.2) is 114 Å². The molecule has 0 radical (unpaired) electrons. The normalized spacial score (nSPS) is 11.8. The molecular weight excluding hydrogens is 416 g/mol. The summed E-state index contributed by atoms with van der Waals surface area (Å²) in [4.78, 5) is 22.8. The van der Waals surface area contributed by atoms with Crippen LogP contribution in [-0.2, 0) is 14.3 Å². The number of aliphatic hydroxyl groups is 5. The number of carbonyl (C=O) groups excluding carboxylic acids is 1. The maximum Gasteiger partial charge on any atom is 0.315 e. The molecule has 2 amide bonds. The summed E-state index contributed by atoms with van der Waals surface area (Å²) in [5.41, 5.74) is -1.34. The van der Waals surface area contributed by atoms with Gasteiger partial charge in [-0.05, 0) is 12.8 Å². The van der Waals surface area contributed by atoms with Gasteiger partial charge in [0.25, 0.3) is 0 Å². The Morgan fingerprint density at radius 2 is 1.32 bits per heavy atom. The van der Waals surface area contributed by atoms with Crippen molar-refractivity contribution in [1.82, 2.24) is 10.6 Å². The molecule has 12 heteroatoms. The minimum absolute atomic E-state index is 0.00245. The van der Waals surface area contributed by atoms with Crippen LogP contribution in [0.2, 0.25) is 0 Å². The molecule has 0 fully saturated rings. The van der Waals surface area contributed by atoms with Gasteiger partial charge in [-0.1, -0.05) is 6.42 Å². The van der Waals surface area contributed by atoms with E-state index in [1.165, 1.54) is 0 Å². The van der Waals surface area contributed by atoms with Crippen molar-refractivity contribution in [2.24, 2.45) is 11.8 Å². The van der Waals surface area contributed by atoms with Gasteiger partial charge in [0, 0.05) is 24.8 Å². The zero-order valence-electron chi connectivity index (χ0n) is 17.9. The van der Waals surface area contributed by atoms with Crippen LogP contribution in [0.1, 0.15) is 25.7 Å². The molecule has 0 aromatic rings. The van der Waals surface area contributed by atoms with Crippen molar-refractivity contribution in [3.8, 4) is 0 Å². The molecular formula is C19H38N2O10. The molecule has 0 atom stereocenters. The Kier molecular flexibility index (Phi) is 17.2. The maximum absolute atomic E-state index is 12.3. The Labute approximate surface area is 182 Å². The first-order valence-corrected chi connectivity index (χ1v) is 10.3. The summed E-state index contributed by atoms with van der Waals surface area (Å²) in [5, 5.41) is 60.3. The van der Waals surface area contributed by atoms with Crippen molar-refractivity contribution in [1.29, 1.82) is 0 Å². The highest BCUT2D eigenvalue weighted by Gasteiger charge is 2.33. The van der Waals surface area contributed by atoms with Crippen molar-refractivity contribution in [2.75, 3.05) is 66.0 Å². The Morgan fingerprint density at radius 3 is 1.74 bits per heavy atom. The van der Waals surface area contributed by atoms with E-state index in [1.54, 1.807) is 0 Å². The summed E-state index contributed by atoms with van der Waals surface area (Å²) in [7, 11) is 0. The van der Waals surface area contributed by atoms with Crippen LogP contribution in [0.15, 0.2) is 0 Å². The van der Waals surface area contributed by atoms with Gasteiger partial charge in [-0.15, -0.1) is 0 Å². The van der Waals surface area contributed by atoms with Gasteiger partial charge in [-0.25, -0.2) is 4.79 Å². The number of amides is 2. The van der Waals surface area contributed by atoms with Crippen LogP contribution in [0.25, 0.3) is 0 Å². The molecule has 0 unspecified atom stereocenters. The lowest BCUT2D eigenvalue weighted by molar-refractivity contribution is -0.137. The molecule has 0 aliphatic rings. The second kappa shape index (κ2) is 18.1. The lowest BCUT2D eigenvalue weighted by atomic mass is 10.0. The predicted octanol–water partition coefficient (Wildman–Crippen LogP) is -2.10. The van der Waals surface area contributed by atoms with Crippen molar-refractivity contribution < 1.29 is 49.7 Å². The van der Waals surface area contributed by atoms with Gasteiger partial charge >= 0.3 is 12.0 Å². The Morgan fingerprint density at radius 1 is 0.806 bits per heavy atom. The van der Waals surface area contributed by atoms with Crippen molar-refractivity contribution >= 4 is 12.0 Å². The average Bonchev–Trinajstić information content (AvgIpc) is 2.76. The van der Waals surface area contributed by atoms with Crippen molar-refractivity contribution in [2.45, 2.75) is 31.2 Å². The number of carboxylic acids is 1. The van der Waals surface area contributed by atoms with Crippen LogP contribution >= 0.6 is 0 Å². The van der Waals surface area contributed by atoms with E-state index in [-0.39, 0.29) is 59.3 Å². The molecule has 0 spiro atoms. The molecule has 0 aromatic heterocycles. The zero-order chi connectivity index (χ0) is 23.5. The molecule has 0 saturated heterocycles. The number of carboxylic acid groups (broad SMARTS) is 1. The van der Waals surface area contributed by atoms with Crippen molar-refractivity contribution in [3.05, 3.63) is 0 Å². The van der Waals surface area contributed by atoms with Crippen molar-refractivity contribution in [3.63, 3.8) is 0 Å². The first-order chi connectivity index (χ1) is 14.9. The number of aliphatic hydroxyl groups excluding tert-OH is 5. The molecule has 12 nitrogen and oxygen atoms in total. The minimum Gasteiger partial charge on any atom is -0.481 e. The number of nitrogens with one attached hydrogen (secondary N) is 2. The molecule has 0 bridgehead atoms. The van der Waals surface area contributed by atoms with E-state index in [4.69, 9.17) is 35.0 Å². The van der Waals surface area contributed by atoms with Gasteiger partial charge in [-0.2, -0.15) is 0 Å². The number of aliphatic carboxylic acids is 1. The van der Waals surface area contributed by atoms with Gasteiger partial charge in [0.2, 0.25) is 0 Å². The molecule has 184 valence electrons. The predicted molar refractivity (Wildman–Crippen MR) is 109 cm³/mol. The zero-order valence-corrected chi connectivity index (χ0v) is 17.9. The first kappa shape index (κ1) is 29.5. The smallest absolute Gasteiger partial charge is 0.315 e. The summed E-state index contributed by atoms with van der Waals surface area (Å²) < 4.78 is 10.9. The number of hydrogen-bond acceptors (Lipinski definition) is 9. The fraction of sp³-hybridized carbons (Fsp3) is 0.895. The fourth-order valence-electron chi connectivity index (χ4n) is 2.48. The summed E-state index contributed by atoms with van der Waals surface area (Å²) in [6, 6.07) is -0.582. The van der Waals surface area contributed by atoms with E-state index in [2.05, 4.69) is 10.6 Å². The van der Waals surface area contributed by atoms with Gasteiger partial charge in [0.1, 0.15) is 5.54 Å². The van der Waals surface area contributed by atoms with Crippen LogP contribution in [0.4, 0.5) is 4.79 Å². The Hall–Kier alpha value is -1.54. The van der Waals surface area contributed by atoms with E-state index in [1.807, 2.05) is 0 Å². The minimum atomic E-state index is -1.34. The topological polar surface area (TPSA) is 198 Å². The van der Waals surface area contributed by atoms with E-state index in [0.717, 1.165) is 0 Å². The van der Waals surface area contributed by atoms with Crippen LogP contribution < -0.4 is 10.6 Å². The molecule has 31 heavy (non-hydrogen) atoms. The summed E-state index contributed by atoms with van der Waals surface area (Å²) in [6.45, 7) is -1.73. The highest BCUT2D eigenvalue weighted by Crippen LogP contribution is 2.10. The Bertz CT molecular complexity index is 455. The lowest BCUT2D eigenvalue weighted by Gasteiger charge is -2.33. The molecule has 0 aliphatic heterocycles. The molecule has 0 rings (SSSR count). The van der Waals surface area contributed by atoms with Crippen LogP contribution in [0.5, 0.6) is 0 Å². The molecule has 0 aliphatic carbocycles. The molecule has 8 N–H and O–H groups in total. The third-order valence-corrected chi connectivity index (χ3v) is 4.53. The second-order valence-corrected chi connectivity index (χ2v) is 7.52. The summed E-state index contributed by atoms with van der Waals surface area (Å²) in [6.07, 6.45) is 1.80. The van der Waals surface area contributed by atoms with Gasteiger partial charge < -0.3 is 50.7 Å². The molecule has 0 aromatic carbocycles. The third-order valence-electron chi connectivity index (χ3n) is 4.53. The van der Waals surface area contributed by atoms with Gasteiger partial charge in [-0.3, -0.25) is 4.79 Å². The average molecular weight is 455 g/mol. The number of unbranched alkanes of at least 4 members (excludes halogenated alkanes) is 2. The number of hydrogen-bond donors (Lipinski definition) is 8. The molecule has 0 heterocycles. The van der Waals surface area contributed by atoms with E-state index < -0.39 is 36.0 Å². The largest absolute Gasteiger partial charge is 0.481 e. The Balaban J connectivity index is 4.73. The standard InChI is InChI=1S/C19H38N2O10/c22-6-15(7-23)10-30-13-19(12-26,14-31-11-16(8-24)9-25)21-18(29)20-5-3-1-2-4-17(27)28/h15-16,22-26H,1-14H2,(H,27,28)(H2,20,21,29). The third kappa shape index (κ3) is 14.2. The first-order valence-electron chi connectivity index (χ1n) is 10.3. The summed E-state index contributed by atoms with van der Waals surface area (Å²) >= 11 is 0. The number of urea groups is 1. The fourth-order valence-corrected chi connectivity index (χ4v) is 2.48. The SMILES string of the molecule is O=C(O)CCCCCNC(=O)NC(CO)(COCC(CO)CO)COCC(CO)CO. The summed E-state index contributed by atoms with van der Waals surface area (Å²) in [5.74, 6) is -1.89. The van der Waals surface area contributed by atoms with Gasteiger partial charge in [0.15, 0.2) is 0 Å². The quantitative estimate of drug-likeness (QED) is 0.0943. The van der Waals surface area contributed by atoms with E-state index in [9.17, 15) is 14.7 Å². The van der Waals surface area contributed by atoms with E-state index >= 15 is 0 Å².